The lowest BCUT2D eigenvalue weighted by Gasteiger charge is -2.18. The third-order valence-corrected chi connectivity index (χ3v) is 6.88. The Morgan fingerprint density at radius 2 is 1.44 bits per heavy atom. The molecule has 0 aliphatic carbocycles. The molecule has 36 heavy (non-hydrogen) atoms. The van der Waals surface area contributed by atoms with E-state index in [1.54, 1.807) is 28.9 Å². The zero-order valence-electron chi connectivity index (χ0n) is 20.2. The Morgan fingerprint density at radius 1 is 0.806 bits per heavy atom. The minimum Gasteiger partial charge on any atom is -0.497 e. The maximum atomic E-state index is 13.5. The van der Waals surface area contributed by atoms with Gasteiger partial charge in [-0.2, -0.15) is 0 Å². The van der Waals surface area contributed by atoms with E-state index < -0.39 is 0 Å². The molecule has 0 atom stereocenters. The number of likely N-dealkylation sites (tertiary alicyclic amines) is 1. The van der Waals surface area contributed by atoms with Gasteiger partial charge in [-0.25, -0.2) is 9.97 Å². The maximum Gasteiger partial charge on any atom is 0.284 e. The van der Waals surface area contributed by atoms with E-state index >= 15 is 0 Å². The van der Waals surface area contributed by atoms with Gasteiger partial charge in [-0.1, -0.05) is 36.4 Å². The normalized spacial score (nSPS) is 13.9. The van der Waals surface area contributed by atoms with Gasteiger partial charge in [-0.3, -0.25) is 18.8 Å². The molecule has 1 aliphatic rings. The predicted molar refractivity (Wildman–Crippen MR) is 141 cm³/mol. The van der Waals surface area contributed by atoms with Gasteiger partial charge in [0.1, 0.15) is 18.4 Å². The molecule has 2 aromatic heterocycles. The summed E-state index contributed by atoms with van der Waals surface area (Å²) in [6, 6.07) is 24.2. The van der Waals surface area contributed by atoms with Crippen molar-refractivity contribution in [3.05, 3.63) is 101 Å². The monoisotopic (exact) mass is 477 g/mol. The number of imidazole rings is 1. The molecule has 0 radical (unpaired) electrons. The van der Waals surface area contributed by atoms with Crippen molar-refractivity contribution in [2.24, 2.45) is 0 Å². The summed E-state index contributed by atoms with van der Waals surface area (Å²) < 4.78 is 8.59. The van der Waals surface area contributed by atoms with Gasteiger partial charge in [0.2, 0.25) is 0 Å². The van der Waals surface area contributed by atoms with Crippen LogP contribution in [0.15, 0.2) is 90.2 Å². The molecule has 5 aromatic rings. The lowest BCUT2D eigenvalue weighted by Crippen LogP contribution is -2.20. The molecule has 1 fully saturated rings. The highest BCUT2D eigenvalue weighted by molar-refractivity contribution is 5.73. The SMILES string of the molecule is COc1ccc(-n2cnc3ncn(-c4ccc(-c5ccccc5CN5CCCC5)cc4)c(=O)c32)cc1. The van der Waals surface area contributed by atoms with Crippen molar-refractivity contribution in [3.8, 4) is 28.3 Å². The molecule has 3 heterocycles. The first-order chi connectivity index (χ1) is 17.7. The van der Waals surface area contributed by atoms with Crippen molar-refractivity contribution in [1.82, 2.24) is 24.0 Å². The van der Waals surface area contributed by atoms with Gasteiger partial charge in [0.25, 0.3) is 5.56 Å². The lowest BCUT2D eigenvalue weighted by molar-refractivity contribution is 0.332. The summed E-state index contributed by atoms with van der Waals surface area (Å²) in [4.78, 5) is 24.8. The third kappa shape index (κ3) is 4.07. The van der Waals surface area contributed by atoms with Crippen LogP contribution in [0, 0.1) is 0 Å². The predicted octanol–water partition coefficient (Wildman–Crippen LogP) is 4.84. The molecule has 7 heteroatoms. The van der Waals surface area contributed by atoms with Crippen molar-refractivity contribution >= 4 is 11.2 Å². The molecule has 1 saturated heterocycles. The summed E-state index contributed by atoms with van der Waals surface area (Å²) in [7, 11) is 1.63. The summed E-state index contributed by atoms with van der Waals surface area (Å²) in [6.45, 7) is 3.30. The average Bonchev–Trinajstić information content (AvgIpc) is 3.60. The number of ether oxygens (including phenoxy) is 1. The minimum atomic E-state index is -0.171. The first kappa shape index (κ1) is 22.2. The quantitative estimate of drug-likeness (QED) is 0.350. The zero-order valence-corrected chi connectivity index (χ0v) is 20.2. The molecule has 0 spiro atoms. The van der Waals surface area contributed by atoms with Crippen LogP contribution in [0.5, 0.6) is 5.75 Å². The lowest BCUT2D eigenvalue weighted by atomic mass is 9.99. The fourth-order valence-corrected chi connectivity index (χ4v) is 4.96. The van der Waals surface area contributed by atoms with Gasteiger partial charge >= 0.3 is 0 Å². The van der Waals surface area contributed by atoms with Gasteiger partial charge in [-0.05, 0) is 79.0 Å². The molecule has 6 rings (SSSR count). The van der Waals surface area contributed by atoms with Gasteiger partial charge in [0.05, 0.1) is 12.8 Å². The van der Waals surface area contributed by atoms with Crippen LogP contribution in [-0.2, 0) is 6.54 Å². The van der Waals surface area contributed by atoms with Gasteiger partial charge < -0.3 is 4.74 Å². The van der Waals surface area contributed by atoms with E-state index in [1.165, 1.54) is 37.1 Å². The molecule has 0 amide bonds. The molecule has 0 saturated carbocycles. The summed E-state index contributed by atoms with van der Waals surface area (Å²) in [5.41, 5.74) is 5.96. The van der Waals surface area contributed by atoms with E-state index in [-0.39, 0.29) is 5.56 Å². The summed E-state index contributed by atoms with van der Waals surface area (Å²) in [6.07, 6.45) is 5.74. The van der Waals surface area contributed by atoms with Crippen molar-refractivity contribution in [2.75, 3.05) is 20.2 Å². The first-order valence-electron chi connectivity index (χ1n) is 12.2. The van der Waals surface area contributed by atoms with Gasteiger partial charge in [-0.15, -0.1) is 0 Å². The van der Waals surface area contributed by atoms with E-state index in [0.29, 0.717) is 11.2 Å². The topological polar surface area (TPSA) is 65.2 Å². The molecular weight excluding hydrogens is 450 g/mol. The molecule has 1 aliphatic heterocycles. The van der Waals surface area contributed by atoms with Crippen LogP contribution in [0.2, 0.25) is 0 Å². The number of benzene rings is 3. The number of aromatic nitrogens is 4. The Bertz CT molecular complexity index is 1560. The Balaban J connectivity index is 1.35. The largest absolute Gasteiger partial charge is 0.497 e. The smallest absolute Gasteiger partial charge is 0.284 e. The number of hydrogen-bond donors (Lipinski definition) is 0. The van der Waals surface area contributed by atoms with Crippen LogP contribution in [0.1, 0.15) is 18.4 Å². The molecule has 0 N–H and O–H groups in total. The summed E-state index contributed by atoms with van der Waals surface area (Å²) in [5, 5.41) is 0. The first-order valence-corrected chi connectivity index (χ1v) is 12.2. The van der Waals surface area contributed by atoms with Crippen molar-refractivity contribution in [2.45, 2.75) is 19.4 Å². The highest BCUT2D eigenvalue weighted by Gasteiger charge is 2.16. The van der Waals surface area contributed by atoms with Crippen LogP contribution in [0.25, 0.3) is 33.7 Å². The van der Waals surface area contributed by atoms with E-state index in [1.807, 2.05) is 36.4 Å². The molecule has 0 bridgehead atoms. The van der Waals surface area contributed by atoms with Crippen LogP contribution < -0.4 is 10.3 Å². The molecular formula is C29H27N5O2. The van der Waals surface area contributed by atoms with Crippen LogP contribution in [0.4, 0.5) is 0 Å². The summed E-state index contributed by atoms with van der Waals surface area (Å²) in [5.74, 6) is 0.751. The minimum absolute atomic E-state index is 0.171. The standard InChI is InChI=1S/C29H27N5O2/c1-36-25-14-12-23(13-15-25)33-19-30-28-27(33)29(35)34(20-31-28)24-10-8-21(9-11-24)26-7-3-2-6-22(26)18-32-16-4-5-17-32/h2-3,6-15,19-20H,4-5,16-18H2,1H3. The van der Waals surface area contributed by atoms with Crippen LogP contribution in [0.3, 0.4) is 0 Å². The summed E-state index contributed by atoms with van der Waals surface area (Å²) >= 11 is 0. The van der Waals surface area contributed by atoms with E-state index in [4.69, 9.17) is 4.74 Å². The number of hydrogen-bond acceptors (Lipinski definition) is 5. The zero-order chi connectivity index (χ0) is 24.5. The van der Waals surface area contributed by atoms with Gasteiger partial charge in [0, 0.05) is 12.2 Å². The average molecular weight is 478 g/mol. The van der Waals surface area contributed by atoms with Crippen LogP contribution in [-0.4, -0.2) is 44.2 Å². The highest BCUT2D eigenvalue weighted by atomic mass is 16.5. The molecule has 180 valence electrons. The number of methoxy groups -OCH3 is 1. The fraction of sp³-hybridized carbons (Fsp3) is 0.207. The van der Waals surface area contributed by atoms with E-state index in [2.05, 4.69) is 51.3 Å². The Labute approximate surface area is 209 Å². The number of fused-ring (bicyclic) bond motifs is 1. The van der Waals surface area contributed by atoms with E-state index in [9.17, 15) is 4.79 Å². The van der Waals surface area contributed by atoms with Crippen molar-refractivity contribution in [3.63, 3.8) is 0 Å². The number of rotatable bonds is 6. The van der Waals surface area contributed by atoms with E-state index in [0.717, 1.165) is 29.2 Å². The van der Waals surface area contributed by atoms with Crippen LogP contribution >= 0.6 is 0 Å². The maximum absolute atomic E-state index is 13.5. The molecule has 7 nitrogen and oxygen atoms in total. The Hall–Kier alpha value is -4.23. The van der Waals surface area contributed by atoms with Crippen molar-refractivity contribution in [1.29, 1.82) is 0 Å². The number of nitrogens with zero attached hydrogens (tertiary/aromatic N) is 5. The second kappa shape index (κ2) is 9.43. The second-order valence-electron chi connectivity index (χ2n) is 9.09. The third-order valence-electron chi connectivity index (χ3n) is 6.88. The Morgan fingerprint density at radius 3 is 2.17 bits per heavy atom. The molecule has 0 unspecified atom stereocenters. The Kier molecular flexibility index (Phi) is 5.83. The molecule has 3 aromatic carbocycles. The second-order valence-corrected chi connectivity index (χ2v) is 9.09. The van der Waals surface area contributed by atoms with Crippen molar-refractivity contribution < 1.29 is 4.74 Å². The fourth-order valence-electron chi connectivity index (χ4n) is 4.96. The highest BCUT2D eigenvalue weighted by Crippen LogP contribution is 2.27. The van der Waals surface area contributed by atoms with Gasteiger partial charge in [0.15, 0.2) is 11.2 Å².